The fraction of sp³-hybridized carbons (Fsp3) is 1.00. The SMILES string of the molecule is CCCC(CC)C(N(C)C)N(C)C. The van der Waals surface area contributed by atoms with E-state index in [1.54, 1.807) is 0 Å². The summed E-state index contributed by atoms with van der Waals surface area (Å²) in [5.41, 5.74) is 0. The second-order valence-corrected chi connectivity index (χ2v) is 4.30. The molecule has 0 aromatic heterocycles. The number of hydrogen-bond acceptors (Lipinski definition) is 2. The third-order valence-electron chi connectivity index (χ3n) is 2.66. The molecule has 1 atom stereocenters. The third kappa shape index (κ3) is 4.10. The highest BCUT2D eigenvalue weighted by molar-refractivity contribution is 4.72. The van der Waals surface area contributed by atoms with E-state index in [0.29, 0.717) is 6.17 Å². The molecule has 0 aliphatic heterocycles. The van der Waals surface area contributed by atoms with Crippen molar-refractivity contribution in [2.45, 2.75) is 39.3 Å². The second kappa shape index (κ2) is 6.39. The van der Waals surface area contributed by atoms with E-state index in [9.17, 15) is 0 Å². The molecule has 0 bridgehead atoms. The second-order valence-electron chi connectivity index (χ2n) is 4.30. The molecule has 0 amide bonds. The van der Waals surface area contributed by atoms with Gasteiger partial charge in [0.05, 0.1) is 6.17 Å². The lowest BCUT2D eigenvalue weighted by Gasteiger charge is -2.36. The van der Waals surface area contributed by atoms with Crippen LogP contribution in [0.4, 0.5) is 0 Å². The molecule has 0 aliphatic rings. The summed E-state index contributed by atoms with van der Waals surface area (Å²) in [4.78, 5) is 4.65. The van der Waals surface area contributed by atoms with E-state index in [2.05, 4.69) is 51.8 Å². The lowest BCUT2D eigenvalue weighted by atomic mass is 9.96. The van der Waals surface area contributed by atoms with Gasteiger partial charge >= 0.3 is 0 Å². The van der Waals surface area contributed by atoms with Crippen LogP contribution in [0.3, 0.4) is 0 Å². The molecule has 0 aromatic rings. The summed E-state index contributed by atoms with van der Waals surface area (Å²) >= 11 is 0. The van der Waals surface area contributed by atoms with Gasteiger partial charge < -0.3 is 0 Å². The van der Waals surface area contributed by atoms with E-state index >= 15 is 0 Å². The van der Waals surface area contributed by atoms with Gasteiger partial charge in [-0.25, -0.2) is 0 Å². The molecule has 0 fully saturated rings. The fourth-order valence-corrected chi connectivity index (χ4v) is 2.24. The molecule has 0 radical (unpaired) electrons. The first kappa shape index (κ1) is 12.9. The zero-order valence-electron chi connectivity index (χ0n) is 10.2. The van der Waals surface area contributed by atoms with Crippen LogP contribution in [0.5, 0.6) is 0 Å². The Morgan fingerprint density at radius 2 is 1.38 bits per heavy atom. The van der Waals surface area contributed by atoms with E-state index in [0.717, 1.165) is 5.92 Å². The van der Waals surface area contributed by atoms with Crippen molar-refractivity contribution in [3.8, 4) is 0 Å². The summed E-state index contributed by atoms with van der Waals surface area (Å²) in [7, 11) is 8.68. The van der Waals surface area contributed by atoms with Gasteiger partial charge in [-0.1, -0.05) is 26.7 Å². The molecule has 0 saturated carbocycles. The maximum Gasteiger partial charge on any atom is 0.0641 e. The predicted molar refractivity (Wildman–Crippen MR) is 59.9 cm³/mol. The highest BCUT2D eigenvalue weighted by Crippen LogP contribution is 2.20. The summed E-state index contributed by atoms with van der Waals surface area (Å²) < 4.78 is 0. The van der Waals surface area contributed by atoms with Crippen LogP contribution in [0.25, 0.3) is 0 Å². The van der Waals surface area contributed by atoms with E-state index < -0.39 is 0 Å². The van der Waals surface area contributed by atoms with Crippen LogP contribution in [0, 0.1) is 5.92 Å². The highest BCUT2D eigenvalue weighted by atomic mass is 15.3. The predicted octanol–water partition coefficient (Wildman–Crippen LogP) is 2.26. The normalized spacial score (nSPS) is 14.5. The first-order chi connectivity index (χ1) is 6.04. The summed E-state index contributed by atoms with van der Waals surface area (Å²) in [5.74, 6) is 0.801. The standard InChI is InChI=1S/C11H26N2/c1-7-9-10(8-2)11(12(3)4)13(5)6/h10-11H,7-9H2,1-6H3. The first-order valence-electron chi connectivity index (χ1n) is 5.37. The largest absolute Gasteiger partial charge is 0.294 e. The van der Waals surface area contributed by atoms with E-state index in [-0.39, 0.29) is 0 Å². The third-order valence-corrected chi connectivity index (χ3v) is 2.66. The van der Waals surface area contributed by atoms with E-state index in [4.69, 9.17) is 0 Å². The molecule has 0 N–H and O–H groups in total. The Kier molecular flexibility index (Phi) is 6.35. The average molecular weight is 186 g/mol. The van der Waals surface area contributed by atoms with Gasteiger partial charge in [-0.2, -0.15) is 0 Å². The van der Waals surface area contributed by atoms with Gasteiger partial charge in [-0.3, -0.25) is 9.80 Å². The molecule has 0 saturated heterocycles. The molecule has 1 unspecified atom stereocenters. The molecule has 0 heterocycles. The van der Waals surface area contributed by atoms with Gasteiger partial charge in [0, 0.05) is 0 Å². The molecule has 0 aliphatic carbocycles. The van der Waals surface area contributed by atoms with Crippen LogP contribution in [0.1, 0.15) is 33.1 Å². The summed E-state index contributed by atoms with van der Waals surface area (Å²) in [5, 5.41) is 0. The highest BCUT2D eigenvalue weighted by Gasteiger charge is 2.22. The van der Waals surface area contributed by atoms with Crippen molar-refractivity contribution in [1.82, 2.24) is 9.80 Å². The Bertz CT molecular complexity index is 113. The Morgan fingerprint density at radius 1 is 0.923 bits per heavy atom. The molecule has 2 nitrogen and oxygen atoms in total. The zero-order chi connectivity index (χ0) is 10.4. The number of hydrogen-bond donors (Lipinski definition) is 0. The van der Waals surface area contributed by atoms with Crippen LogP contribution < -0.4 is 0 Å². The smallest absolute Gasteiger partial charge is 0.0641 e. The Hall–Kier alpha value is -0.0800. The van der Waals surface area contributed by atoms with Crippen LogP contribution in [0.15, 0.2) is 0 Å². The number of nitrogens with zero attached hydrogens (tertiary/aromatic N) is 2. The van der Waals surface area contributed by atoms with Gasteiger partial charge in [-0.05, 0) is 40.5 Å². The van der Waals surface area contributed by atoms with Crippen molar-refractivity contribution in [2.75, 3.05) is 28.2 Å². The molecule has 0 rings (SSSR count). The molecular weight excluding hydrogens is 160 g/mol. The van der Waals surface area contributed by atoms with Crippen molar-refractivity contribution < 1.29 is 0 Å². The zero-order valence-corrected chi connectivity index (χ0v) is 10.2. The van der Waals surface area contributed by atoms with Gasteiger partial charge in [0.2, 0.25) is 0 Å². The Balaban J connectivity index is 4.30. The molecule has 13 heavy (non-hydrogen) atoms. The molecule has 0 spiro atoms. The minimum atomic E-state index is 0.588. The molecule has 0 aromatic carbocycles. The summed E-state index contributed by atoms with van der Waals surface area (Å²) in [6, 6.07) is 0. The first-order valence-corrected chi connectivity index (χ1v) is 5.37. The lowest BCUT2D eigenvalue weighted by molar-refractivity contribution is 0.0637. The van der Waals surface area contributed by atoms with Crippen molar-refractivity contribution >= 4 is 0 Å². The minimum absolute atomic E-state index is 0.588. The quantitative estimate of drug-likeness (QED) is 0.587. The van der Waals surface area contributed by atoms with Crippen molar-refractivity contribution in [3.05, 3.63) is 0 Å². The van der Waals surface area contributed by atoms with Gasteiger partial charge in [-0.15, -0.1) is 0 Å². The van der Waals surface area contributed by atoms with Crippen molar-refractivity contribution in [2.24, 2.45) is 5.92 Å². The monoisotopic (exact) mass is 186 g/mol. The fourth-order valence-electron chi connectivity index (χ4n) is 2.24. The summed E-state index contributed by atoms with van der Waals surface area (Å²) in [6.07, 6.45) is 4.48. The van der Waals surface area contributed by atoms with Crippen LogP contribution in [0.2, 0.25) is 0 Å². The van der Waals surface area contributed by atoms with E-state index in [1.165, 1.54) is 19.3 Å². The van der Waals surface area contributed by atoms with Crippen molar-refractivity contribution in [3.63, 3.8) is 0 Å². The molecule has 80 valence electrons. The summed E-state index contributed by atoms with van der Waals surface area (Å²) in [6.45, 7) is 4.56. The van der Waals surface area contributed by atoms with E-state index in [1.807, 2.05) is 0 Å². The van der Waals surface area contributed by atoms with Gasteiger partial charge in [0.25, 0.3) is 0 Å². The Morgan fingerprint density at radius 3 is 1.62 bits per heavy atom. The van der Waals surface area contributed by atoms with Crippen LogP contribution in [-0.2, 0) is 0 Å². The Labute approximate surface area is 83.9 Å². The number of rotatable bonds is 6. The molecule has 2 heteroatoms. The van der Waals surface area contributed by atoms with Crippen LogP contribution in [-0.4, -0.2) is 44.2 Å². The maximum absolute atomic E-state index is 2.32. The molecular formula is C11H26N2. The lowest BCUT2D eigenvalue weighted by Crippen LogP contribution is -2.45. The van der Waals surface area contributed by atoms with Gasteiger partial charge in [0.15, 0.2) is 0 Å². The van der Waals surface area contributed by atoms with Crippen LogP contribution >= 0.6 is 0 Å². The topological polar surface area (TPSA) is 6.48 Å². The average Bonchev–Trinajstić information content (AvgIpc) is 2.02. The maximum atomic E-state index is 2.32. The minimum Gasteiger partial charge on any atom is -0.294 e. The van der Waals surface area contributed by atoms with Gasteiger partial charge in [0.1, 0.15) is 0 Å². The van der Waals surface area contributed by atoms with Crippen molar-refractivity contribution in [1.29, 1.82) is 0 Å².